The molecule has 0 aromatic carbocycles. The first-order chi connectivity index (χ1) is 7.19. The van der Waals surface area contributed by atoms with Gasteiger partial charge in [-0.15, -0.1) is 0 Å². The molecule has 6 heteroatoms. The van der Waals surface area contributed by atoms with Crippen LogP contribution in [-0.2, 0) is 0 Å². The molecule has 1 heterocycles. The third kappa shape index (κ3) is 3.21. The van der Waals surface area contributed by atoms with Crippen LogP contribution in [0.15, 0.2) is 6.33 Å². The van der Waals surface area contributed by atoms with E-state index in [2.05, 4.69) is 15.3 Å². The molecule has 0 amide bonds. The van der Waals surface area contributed by atoms with Crippen molar-refractivity contribution in [3.63, 3.8) is 0 Å². The van der Waals surface area contributed by atoms with E-state index >= 15 is 0 Å². The summed E-state index contributed by atoms with van der Waals surface area (Å²) in [4.78, 5) is 7.80. The number of methoxy groups -OCH3 is 1. The number of nitrogens with zero attached hydrogens (tertiary/aromatic N) is 2. The molecule has 0 saturated heterocycles. The molecule has 0 saturated carbocycles. The van der Waals surface area contributed by atoms with Gasteiger partial charge in [0.05, 0.1) is 7.11 Å². The first-order valence-corrected chi connectivity index (χ1v) is 4.96. The molecule has 84 valence electrons. The Labute approximate surface area is 93.5 Å². The van der Waals surface area contributed by atoms with E-state index in [1.54, 1.807) is 0 Å². The predicted octanol–water partition coefficient (Wildman–Crippen LogP) is 1.18. The number of hydrogen-bond acceptors (Lipinski definition) is 5. The zero-order chi connectivity index (χ0) is 11.3. The van der Waals surface area contributed by atoms with E-state index in [9.17, 15) is 0 Å². The Morgan fingerprint density at radius 3 is 2.93 bits per heavy atom. The molecule has 1 aromatic rings. The minimum Gasteiger partial charge on any atom is -0.490 e. The maximum Gasteiger partial charge on any atom is 0.198 e. The number of ether oxygens (including phenoxy) is 1. The molecule has 0 aliphatic heterocycles. The van der Waals surface area contributed by atoms with Gasteiger partial charge in [-0.05, 0) is 5.92 Å². The Kier molecular flexibility index (Phi) is 4.58. The Hall–Kier alpha value is -1.07. The molecular formula is C9H14ClN3O2. The largest absolute Gasteiger partial charge is 0.490 e. The summed E-state index contributed by atoms with van der Waals surface area (Å²) in [5.41, 5.74) is 0. The predicted molar refractivity (Wildman–Crippen MR) is 58.3 cm³/mol. The van der Waals surface area contributed by atoms with Crippen LogP contribution in [0.3, 0.4) is 0 Å². The summed E-state index contributed by atoms with van der Waals surface area (Å²) >= 11 is 5.81. The van der Waals surface area contributed by atoms with E-state index in [0.29, 0.717) is 18.1 Å². The number of aliphatic hydroxyl groups excluding tert-OH is 1. The van der Waals surface area contributed by atoms with E-state index in [-0.39, 0.29) is 17.7 Å². The highest BCUT2D eigenvalue weighted by molar-refractivity contribution is 6.31. The molecule has 1 rings (SSSR count). The molecule has 0 bridgehead atoms. The fraction of sp³-hybridized carbons (Fsp3) is 0.556. The quantitative estimate of drug-likeness (QED) is 0.745. The van der Waals surface area contributed by atoms with Gasteiger partial charge < -0.3 is 15.2 Å². The summed E-state index contributed by atoms with van der Waals surface area (Å²) in [7, 11) is 1.51. The summed E-state index contributed by atoms with van der Waals surface area (Å²) in [6.45, 7) is 2.64. The van der Waals surface area contributed by atoms with Crippen LogP contribution in [0.5, 0.6) is 5.75 Å². The number of halogens is 1. The first-order valence-electron chi connectivity index (χ1n) is 4.58. The molecule has 5 nitrogen and oxygen atoms in total. The monoisotopic (exact) mass is 231 g/mol. The lowest BCUT2D eigenvalue weighted by Crippen LogP contribution is -2.15. The van der Waals surface area contributed by atoms with Crippen LogP contribution in [0.1, 0.15) is 6.92 Å². The second kappa shape index (κ2) is 5.72. The Morgan fingerprint density at radius 1 is 1.60 bits per heavy atom. The van der Waals surface area contributed by atoms with Gasteiger partial charge in [0, 0.05) is 13.2 Å². The van der Waals surface area contributed by atoms with E-state index in [0.717, 1.165) is 0 Å². The van der Waals surface area contributed by atoms with Gasteiger partial charge in [-0.3, -0.25) is 0 Å². The van der Waals surface area contributed by atoms with Crippen molar-refractivity contribution in [3.8, 4) is 5.75 Å². The van der Waals surface area contributed by atoms with Crippen molar-refractivity contribution in [1.82, 2.24) is 9.97 Å². The minimum atomic E-state index is 0.119. The second-order valence-corrected chi connectivity index (χ2v) is 3.57. The van der Waals surface area contributed by atoms with Gasteiger partial charge in [0.1, 0.15) is 6.33 Å². The molecule has 1 unspecified atom stereocenters. The van der Waals surface area contributed by atoms with E-state index in [1.807, 2.05) is 6.92 Å². The lowest BCUT2D eigenvalue weighted by molar-refractivity contribution is 0.244. The number of hydrogen-bond donors (Lipinski definition) is 2. The van der Waals surface area contributed by atoms with Crippen molar-refractivity contribution in [1.29, 1.82) is 0 Å². The summed E-state index contributed by atoms with van der Waals surface area (Å²) in [6, 6.07) is 0. The molecule has 1 atom stereocenters. The molecule has 0 aliphatic carbocycles. The Balaban J connectivity index is 2.72. The molecule has 0 radical (unpaired) electrons. The molecule has 15 heavy (non-hydrogen) atoms. The SMILES string of the molecule is COc1c(Cl)ncnc1NCC(C)CO. The first kappa shape index (κ1) is 12.0. The van der Waals surface area contributed by atoms with E-state index in [4.69, 9.17) is 21.4 Å². The van der Waals surface area contributed by atoms with Crippen LogP contribution in [-0.4, -0.2) is 35.3 Å². The van der Waals surface area contributed by atoms with Crippen molar-refractivity contribution < 1.29 is 9.84 Å². The molecule has 2 N–H and O–H groups in total. The highest BCUT2D eigenvalue weighted by Gasteiger charge is 2.10. The Morgan fingerprint density at radius 2 is 2.33 bits per heavy atom. The average Bonchev–Trinajstić information content (AvgIpc) is 2.25. The zero-order valence-corrected chi connectivity index (χ0v) is 9.45. The topological polar surface area (TPSA) is 67.3 Å². The highest BCUT2D eigenvalue weighted by Crippen LogP contribution is 2.28. The van der Waals surface area contributed by atoms with Crippen molar-refractivity contribution in [2.75, 3.05) is 25.6 Å². The van der Waals surface area contributed by atoms with E-state index < -0.39 is 0 Å². The summed E-state index contributed by atoms with van der Waals surface area (Å²) < 4.78 is 5.06. The van der Waals surface area contributed by atoms with Gasteiger partial charge in [0.15, 0.2) is 16.7 Å². The van der Waals surface area contributed by atoms with Crippen molar-refractivity contribution in [2.24, 2.45) is 5.92 Å². The average molecular weight is 232 g/mol. The summed E-state index contributed by atoms with van der Waals surface area (Å²) in [6.07, 6.45) is 1.36. The third-order valence-electron chi connectivity index (χ3n) is 1.89. The second-order valence-electron chi connectivity index (χ2n) is 3.21. The van der Waals surface area contributed by atoms with Crippen LogP contribution in [0.25, 0.3) is 0 Å². The van der Waals surface area contributed by atoms with Crippen molar-refractivity contribution in [2.45, 2.75) is 6.92 Å². The minimum absolute atomic E-state index is 0.119. The fourth-order valence-electron chi connectivity index (χ4n) is 0.995. The van der Waals surface area contributed by atoms with Crippen LogP contribution in [0.2, 0.25) is 5.15 Å². The lowest BCUT2D eigenvalue weighted by atomic mass is 10.2. The van der Waals surface area contributed by atoms with Gasteiger partial charge >= 0.3 is 0 Å². The number of aliphatic hydroxyl groups is 1. The molecular weight excluding hydrogens is 218 g/mol. The number of anilines is 1. The number of nitrogens with one attached hydrogen (secondary N) is 1. The van der Waals surface area contributed by atoms with Crippen molar-refractivity contribution in [3.05, 3.63) is 11.5 Å². The Bertz CT molecular complexity index is 322. The number of rotatable bonds is 5. The molecule has 0 fully saturated rings. The van der Waals surface area contributed by atoms with Crippen molar-refractivity contribution >= 4 is 17.4 Å². The standard InChI is InChI=1S/C9H14ClN3O2/c1-6(4-14)3-11-9-7(15-2)8(10)12-5-13-9/h5-6,14H,3-4H2,1-2H3,(H,11,12,13). The van der Waals surface area contributed by atoms with E-state index in [1.165, 1.54) is 13.4 Å². The van der Waals surface area contributed by atoms with Crippen LogP contribution in [0, 0.1) is 5.92 Å². The van der Waals surface area contributed by atoms with Gasteiger partial charge in [0.25, 0.3) is 0 Å². The molecule has 0 aliphatic rings. The fourth-order valence-corrected chi connectivity index (χ4v) is 1.20. The van der Waals surface area contributed by atoms with Gasteiger partial charge in [0.2, 0.25) is 0 Å². The maximum absolute atomic E-state index is 8.86. The van der Waals surface area contributed by atoms with Gasteiger partial charge in [-0.25, -0.2) is 9.97 Å². The lowest BCUT2D eigenvalue weighted by Gasteiger charge is -2.12. The van der Waals surface area contributed by atoms with Crippen LogP contribution >= 0.6 is 11.6 Å². The maximum atomic E-state index is 8.86. The highest BCUT2D eigenvalue weighted by atomic mass is 35.5. The smallest absolute Gasteiger partial charge is 0.198 e. The van der Waals surface area contributed by atoms with Gasteiger partial charge in [-0.2, -0.15) is 0 Å². The summed E-state index contributed by atoms with van der Waals surface area (Å²) in [5.74, 6) is 1.10. The van der Waals surface area contributed by atoms with Gasteiger partial charge in [-0.1, -0.05) is 18.5 Å². The van der Waals surface area contributed by atoms with Crippen LogP contribution < -0.4 is 10.1 Å². The normalized spacial score (nSPS) is 12.3. The summed E-state index contributed by atoms with van der Waals surface area (Å²) in [5, 5.41) is 12.2. The molecule has 0 spiro atoms. The molecule has 1 aromatic heterocycles. The number of aromatic nitrogens is 2. The zero-order valence-electron chi connectivity index (χ0n) is 8.70. The third-order valence-corrected chi connectivity index (χ3v) is 2.16. The van der Waals surface area contributed by atoms with Crippen LogP contribution in [0.4, 0.5) is 5.82 Å².